The number of rotatable bonds is 5. The van der Waals surface area contributed by atoms with Crippen molar-refractivity contribution in [1.82, 2.24) is 4.98 Å². The molecule has 5 nitrogen and oxygen atoms in total. The van der Waals surface area contributed by atoms with E-state index in [0.717, 1.165) is 11.1 Å². The molecule has 1 aliphatic rings. The van der Waals surface area contributed by atoms with E-state index in [1.54, 1.807) is 42.6 Å². The molecule has 1 atom stereocenters. The topological polar surface area (TPSA) is 77.0 Å². The van der Waals surface area contributed by atoms with E-state index in [2.05, 4.69) is 11.1 Å². The van der Waals surface area contributed by atoms with Crippen LogP contribution in [0.4, 0.5) is 10.1 Å². The largest absolute Gasteiger partial charge is 0.360 e. The van der Waals surface area contributed by atoms with Crippen LogP contribution >= 0.6 is 11.8 Å². The van der Waals surface area contributed by atoms with Gasteiger partial charge in [-0.1, -0.05) is 60.3 Å². The molecule has 1 aliphatic heterocycles. The minimum Gasteiger partial charge on any atom is -0.360 e. The first-order valence-corrected chi connectivity index (χ1v) is 11.5. The lowest BCUT2D eigenvalue weighted by molar-refractivity contribution is -0.117. The second-order valence-corrected chi connectivity index (χ2v) is 9.01. The molecule has 0 spiro atoms. The molecule has 1 fully saturated rings. The van der Waals surface area contributed by atoms with Crippen molar-refractivity contribution in [1.29, 1.82) is 5.26 Å². The fraction of sp³-hybridized carbons (Fsp3) is 0.0741. The summed E-state index contributed by atoms with van der Waals surface area (Å²) in [6.45, 7) is 0. The Hall–Kier alpha value is -4.15. The standard InChI is InChI=1S/C27H18FN3O2S/c28-18-12-10-17(11-13-18)14-24-26(33)31(19-6-2-1-3-7-19)27(34-24)21(15-29)25(32)22-16-30-23-9-5-4-8-20(22)23/h1-13,16,24,30H,14H2/b27-21+/t24-/m1/s1. The van der Waals surface area contributed by atoms with E-state index in [4.69, 9.17) is 0 Å². The Morgan fingerprint density at radius 1 is 1.03 bits per heavy atom. The number of hydrogen-bond donors (Lipinski definition) is 1. The highest BCUT2D eigenvalue weighted by Crippen LogP contribution is 2.42. The number of fused-ring (bicyclic) bond motifs is 1. The molecule has 2 heterocycles. The Bertz CT molecular complexity index is 1470. The van der Waals surface area contributed by atoms with Crippen LogP contribution in [0.5, 0.6) is 0 Å². The number of carbonyl (C=O) groups excluding carboxylic acids is 2. The van der Waals surface area contributed by atoms with Crippen molar-refractivity contribution in [2.75, 3.05) is 4.90 Å². The van der Waals surface area contributed by atoms with Gasteiger partial charge in [0, 0.05) is 28.4 Å². The van der Waals surface area contributed by atoms with E-state index in [1.165, 1.54) is 28.8 Å². The number of aromatic amines is 1. The zero-order valence-electron chi connectivity index (χ0n) is 17.9. The molecule has 0 bridgehead atoms. The number of anilines is 1. The lowest BCUT2D eigenvalue weighted by Gasteiger charge is -2.18. The number of halogens is 1. The van der Waals surface area contributed by atoms with Crippen molar-refractivity contribution in [3.63, 3.8) is 0 Å². The third-order valence-electron chi connectivity index (χ3n) is 5.69. The van der Waals surface area contributed by atoms with Gasteiger partial charge in [-0.2, -0.15) is 5.26 Å². The number of amides is 1. The van der Waals surface area contributed by atoms with E-state index in [9.17, 15) is 19.2 Å². The van der Waals surface area contributed by atoms with Gasteiger partial charge < -0.3 is 4.98 Å². The third kappa shape index (κ3) is 3.89. The second kappa shape index (κ2) is 9.00. The first kappa shape index (κ1) is 21.7. The van der Waals surface area contributed by atoms with Gasteiger partial charge in [0.1, 0.15) is 22.5 Å². The van der Waals surface area contributed by atoms with Gasteiger partial charge in [0.2, 0.25) is 11.7 Å². The molecule has 1 amide bonds. The first-order chi connectivity index (χ1) is 16.6. The molecule has 0 aliphatic carbocycles. The quantitative estimate of drug-likeness (QED) is 0.235. The summed E-state index contributed by atoms with van der Waals surface area (Å²) in [5, 5.41) is 10.5. The minimum absolute atomic E-state index is 0.0893. The molecule has 34 heavy (non-hydrogen) atoms. The highest BCUT2D eigenvalue weighted by Gasteiger charge is 2.41. The lowest BCUT2D eigenvalue weighted by Crippen LogP contribution is -2.30. The summed E-state index contributed by atoms with van der Waals surface area (Å²) in [6.07, 6.45) is 1.94. The maximum Gasteiger partial charge on any atom is 0.245 e. The highest BCUT2D eigenvalue weighted by molar-refractivity contribution is 8.05. The molecule has 0 unspecified atom stereocenters. The molecular formula is C27H18FN3O2S. The zero-order chi connectivity index (χ0) is 23.7. The Morgan fingerprint density at radius 3 is 2.47 bits per heavy atom. The van der Waals surface area contributed by atoms with Crippen LogP contribution < -0.4 is 4.90 Å². The molecule has 1 aromatic heterocycles. The summed E-state index contributed by atoms with van der Waals surface area (Å²) in [7, 11) is 0. The molecule has 3 aromatic carbocycles. The van der Waals surface area contributed by atoms with Crippen LogP contribution in [0, 0.1) is 17.1 Å². The fourth-order valence-electron chi connectivity index (χ4n) is 4.03. The van der Waals surface area contributed by atoms with Crippen LogP contribution in [0.1, 0.15) is 15.9 Å². The van der Waals surface area contributed by atoms with E-state index >= 15 is 0 Å². The maximum atomic E-state index is 13.5. The van der Waals surface area contributed by atoms with Crippen LogP contribution in [0.25, 0.3) is 10.9 Å². The summed E-state index contributed by atoms with van der Waals surface area (Å²) >= 11 is 1.19. The number of Topliss-reactive ketones (excluding diaryl/α,β-unsaturated/α-hetero) is 1. The summed E-state index contributed by atoms with van der Waals surface area (Å²) in [5.74, 6) is -1.02. The van der Waals surface area contributed by atoms with Crippen molar-refractivity contribution >= 4 is 40.0 Å². The van der Waals surface area contributed by atoms with Crippen LogP contribution in [-0.4, -0.2) is 21.9 Å². The second-order valence-electron chi connectivity index (χ2n) is 7.82. The smallest absolute Gasteiger partial charge is 0.245 e. The van der Waals surface area contributed by atoms with Crippen molar-refractivity contribution in [2.45, 2.75) is 11.7 Å². The van der Waals surface area contributed by atoms with E-state index in [1.807, 2.05) is 30.3 Å². The molecule has 1 saturated heterocycles. The number of benzene rings is 3. The minimum atomic E-state index is -0.556. The number of nitrogens with one attached hydrogen (secondary N) is 1. The monoisotopic (exact) mass is 467 g/mol. The number of carbonyl (C=O) groups is 2. The molecule has 0 radical (unpaired) electrons. The Labute approximate surface area is 199 Å². The number of nitrogens with zero attached hydrogens (tertiary/aromatic N) is 2. The van der Waals surface area contributed by atoms with Gasteiger partial charge in [0.25, 0.3) is 0 Å². The molecule has 1 N–H and O–H groups in total. The van der Waals surface area contributed by atoms with Gasteiger partial charge in [-0.25, -0.2) is 4.39 Å². The average Bonchev–Trinajstić information content (AvgIpc) is 3.43. The normalized spacial score (nSPS) is 17.1. The number of allylic oxidation sites excluding steroid dienone is 1. The molecule has 4 aromatic rings. The van der Waals surface area contributed by atoms with Crippen molar-refractivity contribution in [2.24, 2.45) is 0 Å². The Balaban J connectivity index is 1.59. The summed E-state index contributed by atoms with van der Waals surface area (Å²) < 4.78 is 13.3. The van der Waals surface area contributed by atoms with Crippen LogP contribution in [0.3, 0.4) is 0 Å². The summed E-state index contributed by atoms with van der Waals surface area (Å²) in [5.41, 5.74) is 2.45. The molecular weight excluding hydrogens is 449 g/mol. The number of para-hydroxylation sites is 2. The number of H-pyrrole nitrogens is 1. The van der Waals surface area contributed by atoms with Crippen LogP contribution in [0.15, 0.2) is 95.7 Å². The van der Waals surface area contributed by atoms with Gasteiger partial charge >= 0.3 is 0 Å². The van der Waals surface area contributed by atoms with Crippen molar-refractivity contribution in [3.8, 4) is 6.07 Å². The number of hydrogen-bond acceptors (Lipinski definition) is 4. The molecule has 7 heteroatoms. The van der Waals surface area contributed by atoms with Gasteiger partial charge in [0.15, 0.2) is 0 Å². The zero-order valence-corrected chi connectivity index (χ0v) is 18.7. The first-order valence-electron chi connectivity index (χ1n) is 10.6. The van der Waals surface area contributed by atoms with Gasteiger partial charge in [0.05, 0.1) is 5.25 Å². The van der Waals surface area contributed by atoms with Gasteiger partial charge in [-0.15, -0.1) is 0 Å². The Kier molecular flexibility index (Phi) is 5.74. The number of thioether (sulfide) groups is 1. The number of aromatic nitrogens is 1. The molecule has 5 rings (SSSR count). The summed E-state index contributed by atoms with van der Waals surface area (Å²) in [4.78, 5) is 31.5. The van der Waals surface area contributed by atoms with E-state index < -0.39 is 11.0 Å². The SMILES string of the molecule is N#C/C(C(=O)c1c[nH]c2ccccc12)=C1\S[C@H](Cc2ccc(F)cc2)C(=O)N1c1ccccc1. The van der Waals surface area contributed by atoms with Crippen molar-refractivity contribution in [3.05, 3.63) is 113 Å². The summed E-state index contributed by atoms with van der Waals surface area (Å²) in [6, 6.07) is 24.4. The lowest BCUT2D eigenvalue weighted by atomic mass is 10.0. The molecule has 0 saturated carbocycles. The maximum absolute atomic E-state index is 13.5. The molecule has 166 valence electrons. The van der Waals surface area contributed by atoms with Crippen LogP contribution in [0.2, 0.25) is 0 Å². The van der Waals surface area contributed by atoms with Gasteiger partial charge in [-0.3, -0.25) is 14.5 Å². The number of nitriles is 1. The van der Waals surface area contributed by atoms with Crippen LogP contribution in [-0.2, 0) is 11.2 Å². The van der Waals surface area contributed by atoms with E-state index in [-0.39, 0.29) is 17.3 Å². The van der Waals surface area contributed by atoms with Gasteiger partial charge in [-0.05, 0) is 42.3 Å². The highest BCUT2D eigenvalue weighted by atomic mass is 32.2. The predicted molar refractivity (Wildman–Crippen MR) is 131 cm³/mol. The van der Waals surface area contributed by atoms with E-state index in [0.29, 0.717) is 28.1 Å². The van der Waals surface area contributed by atoms with Crippen molar-refractivity contribution < 1.29 is 14.0 Å². The Morgan fingerprint density at radius 2 is 1.74 bits per heavy atom. The number of ketones is 1. The predicted octanol–water partition coefficient (Wildman–Crippen LogP) is 5.62. The fourth-order valence-corrected chi connectivity index (χ4v) is 5.34. The average molecular weight is 468 g/mol. The third-order valence-corrected chi connectivity index (χ3v) is 6.95.